The van der Waals surface area contributed by atoms with E-state index in [-0.39, 0.29) is 36.3 Å². The van der Waals surface area contributed by atoms with E-state index in [9.17, 15) is 14.4 Å². The minimum atomic E-state index is -0.200. The topological polar surface area (TPSA) is 87.7 Å². The Hall–Kier alpha value is -2.12. The summed E-state index contributed by atoms with van der Waals surface area (Å²) in [6.45, 7) is 3.78. The molecule has 1 aromatic carbocycles. The van der Waals surface area contributed by atoms with Crippen LogP contribution in [-0.4, -0.2) is 55.0 Å². The summed E-state index contributed by atoms with van der Waals surface area (Å²) in [5.74, 6) is -0.586. The highest BCUT2D eigenvalue weighted by molar-refractivity contribution is 6.34. The van der Waals surface area contributed by atoms with E-state index < -0.39 is 0 Å². The predicted octanol–water partition coefficient (Wildman–Crippen LogP) is 3.62. The normalized spacial score (nSPS) is 18.4. The molecule has 1 saturated heterocycles. The Balaban J connectivity index is 1.50. The Bertz CT molecular complexity index is 787. The third-order valence-electron chi connectivity index (χ3n) is 6.01. The number of nitrogens with zero attached hydrogens (tertiary/aromatic N) is 1. The number of halogens is 1. The zero-order valence-corrected chi connectivity index (χ0v) is 18.9. The maximum atomic E-state index is 12.7. The molecule has 1 aliphatic carbocycles. The molecule has 0 atom stereocenters. The maximum absolute atomic E-state index is 12.7. The number of hydrogen-bond acceptors (Lipinski definition) is 5. The minimum Gasteiger partial charge on any atom is -0.466 e. The van der Waals surface area contributed by atoms with Gasteiger partial charge in [-0.3, -0.25) is 19.3 Å². The van der Waals surface area contributed by atoms with E-state index in [0.717, 1.165) is 25.7 Å². The van der Waals surface area contributed by atoms with Crippen LogP contribution in [-0.2, 0) is 14.3 Å². The van der Waals surface area contributed by atoms with Crippen molar-refractivity contribution in [3.8, 4) is 0 Å². The standard InChI is InChI=1S/C23H32ClN3O4/c1-2-31-23(30)16-10-12-27(13-11-16)15-21(28)25-18-8-9-20(24)19(14-18)22(29)26-17-6-4-3-5-7-17/h8-9,14,16-17H,2-7,10-13,15H2,1H3,(H,25,28)(H,26,29). The van der Waals surface area contributed by atoms with Gasteiger partial charge >= 0.3 is 5.97 Å². The molecule has 0 bridgehead atoms. The van der Waals surface area contributed by atoms with Gasteiger partial charge in [-0.2, -0.15) is 0 Å². The monoisotopic (exact) mass is 449 g/mol. The van der Waals surface area contributed by atoms with E-state index in [1.165, 1.54) is 6.42 Å². The average Bonchev–Trinajstić information content (AvgIpc) is 2.76. The molecular weight excluding hydrogens is 418 g/mol. The molecule has 2 fully saturated rings. The average molecular weight is 450 g/mol. The number of esters is 1. The van der Waals surface area contributed by atoms with Gasteiger partial charge < -0.3 is 15.4 Å². The number of ether oxygens (including phenoxy) is 1. The first-order valence-electron chi connectivity index (χ1n) is 11.3. The highest BCUT2D eigenvalue weighted by Crippen LogP contribution is 2.23. The largest absolute Gasteiger partial charge is 0.466 e. The summed E-state index contributed by atoms with van der Waals surface area (Å²) in [6, 6.07) is 5.15. The minimum absolute atomic E-state index is 0.0826. The molecule has 0 spiro atoms. The molecule has 2 amide bonds. The van der Waals surface area contributed by atoms with Gasteiger partial charge in [0.1, 0.15) is 0 Å². The maximum Gasteiger partial charge on any atom is 0.309 e. The molecule has 2 N–H and O–H groups in total. The highest BCUT2D eigenvalue weighted by atomic mass is 35.5. The Kier molecular flexibility index (Phi) is 8.72. The second-order valence-electron chi connectivity index (χ2n) is 8.35. The molecule has 2 aliphatic rings. The van der Waals surface area contributed by atoms with E-state index >= 15 is 0 Å². The van der Waals surface area contributed by atoms with Crippen molar-refractivity contribution in [3.05, 3.63) is 28.8 Å². The molecule has 0 unspecified atom stereocenters. The van der Waals surface area contributed by atoms with Crippen LogP contribution in [0.3, 0.4) is 0 Å². The van der Waals surface area contributed by atoms with E-state index in [0.29, 0.717) is 48.8 Å². The van der Waals surface area contributed by atoms with Crippen molar-refractivity contribution in [2.45, 2.75) is 57.9 Å². The number of hydrogen-bond donors (Lipinski definition) is 2. The number of nitrogens with one attached hydrogen (secondary N) is 2. The Morgan fingerprint density at radius 2 is 1.81 bits per heavy atom. The van der Waals surface area contributed by atoms with Crippen molar-refractivity contribution in [2.24, 2.45) is 5.92 Å². The first kappa shape index (κ1) is 23.5. The van der Waals surface area contributed by atoms with E-state index in [1.54, 1.807) is 25.1 Å². The van der Waals surface area contributed by atoms with Crippen LogP contribution >= 0.6 is 11.6 Å². The van der Waals surface area contributed by atoms with Gasteiger partial charge in [-0.25, -0.2) is 0 Å². The molecule has 170 valence electrons. The number of piperidine rings is 1. The Morgan fingerprint density at radius 1 is 1.10 bits per heavy atom. The lowest BCUT2D eigenvalue weighted by molar-refractivity contribution is -0.149. The lowest BCUT2D eigenvalue weighted by Gasteiger charge is -2.30. The molecule has 7 nitrogen and oxygen atoms in total. The van der Waals surface area contributed by atoms with Gasteiger partial charge in [0.25, 0.3) is 5.91 Å². The summed E-state index contributed by atoms with van der Waals surface area (Å²) in [5.41, 5.74) is 0.921. The SMILES string of the molecule is CCOC(=O)C1CCN(CC(=O)Nc2ccc(Cl)c(C(=O)NC3CCCCC3)c2)CC1. The van der Waals surface area contributed by atoms with Crippen molar-refractivity contribution in [1.29, 1.82) is 0 Å². The number of carbonyl (C=O) groups is 3. The van der Waals surface area contributed by atoms with E-state index in [4.69, 9.17) is 16.3 Å². The number of amides is 2. The van der Waals surface area contributed by atoms with Crippen LogP contribution in [0.4, 0.5) is 5.69 Å². The van der Waals surface area contributed by atoms with Crippen LogP contribution in [0.2, 0.25) is 5.02 Å². The lowest BCUT2D eigenvalue weighted by atomic mass is 9.95. The summed E-state index contributed by atoms with van der Waals surface area (Å²) in [4.78, 5) is 39.0. The zero-order chi connectivity index (χ0) is 22.2. The molecule has 1 aromatic rings. The molecule has 1 heterocycles. The first-order chi connectivity index (χ1) is 15.0. The van der Waals surface area contributed by atoms with Crippen molar-refractivity contribution in [3.63, 3.8) is 0 Å². The zero-order valence-electron chi connectivity index (χ0n) is 18.1. The summed E-state index contributed by atoms with van der Waals surface area (Å²) in [5, 5.41) is 6.29. The van der Waals surface area contributed by atoms with Crippen LogP contribution < -0.4 is 10.6 Å². The van der Waals surface area contributed by atoms with Gasteiger partial charge in [0, 0.05) is 11.7 Å². The number of rotatable bonds is 7. The quantitative estimate of drug-likeness (QED) is 0.621. The lowest BCUT2D eigenvalue weighted by Crippen LogP contribution is -2.41. The third kappa shape index (κ3) is 6.94. The smallest absolute Gasteiger partial charge is 0.309 e. The van der Waals surface area contributed by atoms with Crippen molar-refractivity contribution in [2.75, 3.05) is 31.6 Å². The second kappa shape index (κ2) is 11.5. The van der Waals surface area contributed by atoms with Crippen molar-refractivity contribution in [1.82, 2.24) is 10.2 Å². The van der Waals surface area contributed by atoms with Crippen LogP contribution in [0.5, 0.6) is 0 Å². The molecule has 8 heteroatoms. The molecule has 3 rings (SSSR count). The van der Waals surface area contributed by atoms with Gasteiger partial charge in [-0.1, -0.05) is 30.9 Å². The fraction of sp³-hybridized carbons (Fsp3) is 0.609. The van der Waals surface area contributed by atoms with Crippen molar-refractivity contribution < 1.29 is 19.1 Å². The fourth-order valence-electron chi connectivity index (χ4n) is 4.28. The number of likely N-dealkylation sites (tertiary alicyclic amines) is 1. The summed E-state index contributed by atoms with van der Waals surface area (Å²) in [6.07, 6.45) is 6.85. The van der Waals surface area contributed by atoms with Gasteiger partial charge in [0.05, 0.1) is 29.7 Å². The summed E-state index contributed by atoms with van der Waals surface area (Å²) in [7, 11) is 0. The van der Waals surface area contributed by atoms with Crippen LogP contribution in [0.15, 0.2) is 18.2 Å². The second-order valence-corrected chi connectivity index (χ2v) is 8.76. The fourth-order valence-corrected chi connectivity index (χ4v) is 4.48. The Labute approximate surface area is 188 Å². The molecule has 31 heavy (non-hydrogen) atoms. The molecule has 1 aliphatic heterocycles. The van der Waals surface area contributed by atoms with Crippen molar-refractivity contribution >= 4 is 35.1 Å². The van der Waals surface area contributed by atoms with E-state index in [2.05, 4.69) is 10.6 Å². The Morgan fingerprint density at radius 3 is 2.48 bits per heavy atom. The molecule has 1 saturated carbocycles. The van der Waals surface area contributed by atoms with Gasteiger partial charge in [0.15, 0.2) is 0 Å². The molecular formula is C23H32ClN3O4. The van der Waals surface area contributed by atoms with Gasteiger partial charge in [0.2, 0.25) is 5.91 Å². The third-order valence-corrected chi connectivity index (χ3v) is 6.34. The predicted molar refractivity (Wildman–Crippen MR) is 120 cm³/mol. The van der Waals surface area contributed by atoms with Gasteiger partial charge in [-0.15, -0.1) is 0 Å². The first-order valence-corrected chi connectivity index (χ1v) is 11.6. The van der Waals surface area contributed by atoms with Crippen LogP contribution in [0, 0.1) is 5.92 Å². The number of carbonyl (C=O) groups excluding carboxylic acids is 3. The van der Waals surface area contributed by atoms with E-state index in [1.807, 2.05) is 4.90 Å². The highest BCUT2D eigenvalue weighted by Gasteiger charge is 2.27. The molecule has 0 radical (unpaired) electrons. The van der Waals surface area contributed by atoms with Crippen LogP contribution in [0.1, 0.15) is 62.2 Å². The van der Waals surface area contributed by atoms with Gasteiger partial charge in [-0.05, 0) is 63.9 Å². The number of benzene rings is 1. The summed E-state index contributed by atoms with van der Waals surface area (Å²) < 4.78 is 5.08. The number of anilines is 1. The summed E-state index contributed by atoms with van der Waals surface area (Å²) >= 11 is 6.24. The molecule has 0 aromatic heterocycles. The van der Waals surface area contributed by atoms with Crippen LogP contribution in [0.25, 0.3) is 0 Å².